The maximum absolute atomic E-state index is 13.0. The minimum atomic E-state index is -0.230. The lowest BCUT2D eigenvalue weighted by molar-refractivity contribution is -0.136. The second-order valence-corrected chi connectivity index (χ2v) is 8.09. The molecule has 2 aliphatic carbocycles. The molecule has 0 saturated heterocycles. The summed E-state index contributed by atoms with van der Waals surface area (Å²) in [5.74, 6) is -0.247. The number of nitrogens with zero attached hydrogens (tertiary/aromatic N) is 2. The van der Waals surface area contributed by atoms with Crippen LogP contribution in [0.15, 0.2) is 24.3 Å². The largest absolute Gasteiger partial charge is 0.337 e. The van der Waals surface area contributed by atoms with Crippen LogP contribution in [-0.2, 0) is 4.79 Å². The highest BCUT2D eigenvalue weighted by Crippen LogP contribution is 2.32. The molecule has 0 aromatic heterocycles. The predicted octanol–water partition coefficient (Wildman–Crippen LogP) is 3.78. The van der Waals surface area contributed by atoms with Gasteiger partial charge in [0.15, 0.2) is 0 Å². The third-order valence-corrected chi connectivity index (χ3v) is 6.37. The van der Waals surface area contributed by atoms with E-state index in [0.29, 0.717) is 42.6 Å². The van der Waals surface area contributed by atoms with Crippen molar-refractivity contribution < 1.29 is 14.4 Å². The zero-order chi connectivity index (χ0) is 18.8. The Balaban J connectivity index is 1.36. The predicted molar refractivity (Wildman–Crippen MR) is 102 cm³/mol. The second-order valence-electron chi connectivity index (χ2n) is 8.09. The van der Waals surface area contributed by atoms with Gasteiger partial charge < -0.3 is 4.90 Å². The van der Waals surface area contributed by atoms with Gasteiger partial charge in [0, 0.05) is 25.0 Å². The van der Waals surface area contributed by atoms with Crippen LogP contribution in [0.25, 0.3) is 0 Å². The molecule has 2 saturated carbocycles. The van der Waals surface area contributed by atoms with Crippen molar-refractivity contribution in [3.63, 3.8) is 0 Å². The van der Waals surface area contributed by atoms with E-state index in [1.54, 1.807) is 24.3 Å². The zero-order valence-corrected chi connectivity index (χ0v) is 15.9. The number of hydrogen-bond donors (Lipinski definition) is 0. The number of imide groups is 1. The molecule has 2 fully saturated rings. The Labute approximate surface area is 160 Å². The fraction of sp³-hybridized carbons (Fsp3) is 0.591. The lowest BCUT2D eigenvalue weighted by Gasteiger charge is -2.35. The summed E-state index contributed by atoms with van der Waals surface area (Å²) >= 11 is 0. The van der Waals surface area contributed by atoms with Gasteiger partial charge in [-0.05, 0) is 44.2 Å². The maximum atomic E-state index is 13.0. The molecule has 3 amide bonds. The molecule has 5 nitrogen and oxygen atoms in total. The van der Waals surface area contributed by atoms with E-state index in [0.717, 1.165) is 25.7 Å². The second kappa shape index (κ2) is 7.83. The first-order valence-electron chi connectivity index (χ1n) is 10.4. The molecule has 5 heteroatoms. The molecular formula is C22H28N2O3. The Kier molecular flexibility index (Phi) is 5.28. The van der Waals surface area contributed by atoms with E-state index < -0.39 is 0 Å². The van der Waals surface area contributed by atoms with E-state index in [4.69, 9.17) is 0 Å². The monoisotopic (exact) mass is 368 g/mol. The average molecular weight is 368 g/mol. The Hall–Kier alpha value is -2.17. The minimum absolute atomic E-state index is 0.213. The van der Waals surface area contributed by atoms with Crippen LogP contribution in [0.1, 0.15) is 84.9 Å². The Morgan fingerprint density at radius 1 is 0.889 bits per heavy atom. The summed E-state index contributed by atoms with van der Waals surface area (Å²) in [6.45, 7) is 0.321. The summed E-state index contributed by atoms with van der Waals surface area (Å²) in [5.41, 5.74) is 0.958. The van der Waals surface area contributed by atoms with E-state index in [2.05, 4.69) is 4.90 Å². The normalized spacial score (nSPS) is 20.5. The maximum Gasteiger partial charge on any atom is 0.261 e. The highest BCUT2D eigenvalue weighted by atomic mass is 16.2. The molecule has 27 heavy (non-hydrogen) atoms. The van der Waals surface area contributed by atoms with Crippen molar-refractivity contribution in [3.8, 4) is 0 Å². The van der Waals surface area contributed by atoms with Crippen molar-refractivity contribution in [1.82, 2.24) is 9.80 Å². The van der Waals surface area contributed by atoms with Crippen LogP contribution in [0.2, 0.25) is 0 Å². The molecule has 4 rings (SSSR count). The summed E-state index contributed by atoms with van der Waals surface area (Å²) in [6.07, 6.45) is 10.3. The van der Waals surface area contributed by atoms with Gasteiger partial charge in [0.25, 0.3) is 11.8 Å². The molecule has 1 aromatic carbocycles. The van der Waals surface area contributed by atoms with Crippen molar-refractivity contribution in [2.75, 3.05) is 6.54 Å². The summed E-state index contributed by atoms with van der Waals surface area (Å²) < 4.78 is 0. The third kappa shape index (κ3) is 3.52. The van der Waals surface area contributed by atoms with Crippen LogP contribution in [0.3, 0.4) is 0 Å². The fourth-order valence-corrected chi connectivity index (χ4v) is 5.03. The number of hydrogen-bond acceptors (Lipinski definition) is 3. The van der Waals surface area contributed by atoms with Gasteiger partial charge in [-0.25, -0.2) is 0 Å². The van der Waals surface area contributed by atoms with E-state index in [9.17, 15) is 14.4 Å². The zero-order valence-electron chi connectivity index (χ0n) is 15.9. The molecule has 1 heterocycles. The first-order valence-corrected chi connectivity index (χ1v) is 10.4. The molecule has 0 N–H and O–H groups in total. The van der Waals surface area contributed by atoms with Gasteiger partial charge in [-0.15, -0.1) is 0 Å². The quantitative estimate of drug-likeness (QED) is 0.718. The number of carbonyl (C=O) groups is 3. The van der Waals surface area contributed by atoms with E-state index in [-0.39, 0.29) is 17.7 Å². The Morgan fingerprint density at radius 3 is 1.85 bits per heavy atom. The average Bonchev–Trinajstić information content (AvgIpc) is 3.42. The first-order chi connectivity index (χ1) is 13.2. The Morgan fingerprint density at radius 2 is 1.37 bits per heavy atom. The van der Waals surface area contributed by atoms with Crippen LogP contribution < -0.4 is 0 Å². The first kappa shape index (κ1) is 18.2. The molecule has 0 spiro atoms. The smallest absolute Gasteiger partial charge is 0.261 e. The van der Waals surface area contributed by atoms with Gasteiger partial charge in [0.1, 0.15) is 0 Å². The lowest BCUT2D eigenvalue weighted by Crippen LogP contribution is -2.45. The molecule has 3 aliphatic rings. The fourth-order valence-electron chi connectivity index (χ4n) is 5.03. The van der Waals surface area contributed by atoms with Crippen molar-refractivity contribution in [1.29, 1.82) is 0 Å². The van der Waals surface area contributed by atoms with Gasteiger partial charge in [-0.3, -0.25) is 19.3 Å². The van der Waals surface area contributed by atoms with Gasteiger partial charge in [0.2, 0.25) is 5.91 Å². The van der Waals surface area contributed by atoms with Crippen molar-refractivity contribution >= 4 is 17.7 Å². The number of carbonyl (C=O) groups excluding carboxylic acids is 3. The van der Waals surface area contributed by atoms with Crippen LogP contribution >= 0.6 is 0 Å². The number of rotatable bonds is 6. The third-order valence-electron chi connectivity index (χ3n) is 6.37. The van der Waals surface area contributed by atoms with Gasteiger partial charge in [-0.1, -0.05) is 37.8 Å². The van der Waals surface area contributed by atoms with Crippen molar-refractivity contribution in [2.45, 2.75) is 76.3 Å². The summed E-state index contributed by atoms with van der Waals surface area (Å²) in [4.78, 5) is 41.4. The van der Waals surface area contributed by atoms with E-state index in [1.807, 2.05) is 0 Å². The minimum Gasteiger partial charge on any atom is -0.337 e. The highest BCUT2D eigenvalue weighted by molar-refractivity contribution is 6.21. The molecule has 1 aliphatic heterocycles. The highest BCUT2D eigenvalue weighted by Gasteiger charge is 2.36. The van der Waals surface area contributed by atoms with Crippen molar-refractivity contribution in [2.24, 2.45) is 0 Å². The molecule has 0 radical (unpaired) electrons. The van der Waals surface area contributed by atoms with Gasteiger partial charge in [0.05, 0.1) is 11.1 Å². The van der Waals surface area contributed by atoms with E-state index in [1.165, 1.54) is 30.6 Å². The molecule has 0 unspecified atom stereocenters. The molecule has 1 aromatic rings. The van der Waals surface area contributed by atoms with Crippen molar-refractivity contribution in [3.05, 3.63) is 35.4 Å². The standard InChI is InChI=1S/C22H28N2O3/c25-20(24(16-8-1-2-9-16)17-10-3-4-11-17)14-7-15-23-21(26)18-12-5-6-13-19(18)22(23)27/h5-6,12-13,16-17H,1-4,7-11,14-15H2. The van der Waals surface area contributed by atoms with Crippen LogP contribution in [0, 0.1) is 0 Å². The summed E-state index contributed by atoms with van der Waals surface area (Å²) in [6, 6.07) is 7.75. The van der Waals surface area contributed by atoms with E-state index >= 15 is 0 Å². The SMILES string of the molecule is O=C1c2ccccc2C(=O)N1CCCC(=O)N(C1CCCC1)C1CCCC1. The number of fused-ring (bicyclic) bond motifs is 1. The van der Waals surface area contributed by atoms with Crippen LogP contribution in [0.5, 0.6) is 0 Å². The molecule has 144 valence electrons. The summed E-state index contributed by atoms with van der Waals surface area (Å²) in [7, 11) is 0. The van der Waals surface area contributed by atoms with Crippen LogP contribution in [-0.4, -0.2) is 46.1 Å². The molecule has 0 bridgehead atoms. The number of benzene rings is 1. The van der Waals surface area contributed by atoms with Gasteiger partial charge >= 0.3 is 0 Å². The summed E-state index contributed by atoms with van der Waals surface area (Å²) in [5, 5.41) is 0. The molecular weight excluding hydrogens is 340 g/mol. The van der Waals surface area contributed by atoms with Gasteiger partial charge in [-0.2, -0.15) is 0 Å². The topological polar surface area (TPSA) is 57.7 Å². The Bertz CT molecular complexity index is 682. The lowest BCUT2D eigenvalue weighted by atomic mass is 10.1. The number of amides is 3. The van der Waals surface area contributed by atoms with Crippen LogP contribution in [0.4, 0.5) is 0 Å². The molecule has 0 atom stereocenters.